The number of carbonyl (C=O) groups excluding carboxylic acids is 1. The Morgan fingerprint density at radius 3 is 2.70 bits per heavy atom. The maximum atomic E-state index is 14.6. The number of hydrogen-bond donors (Lipinski definition) is 1. The fourth-order valence-electron chi connectivity index (χ4n) is 6.40. The monoisotopic (exact) mass is 568 g/mol. The van der Waals surface area contributed by atoms with Crippen LogP contribution < -0.4 is 14.4 Å². The van der Waals surface area contributed by atoms with Crippen molar-refractivity contribution in [2.75, 3.05) is 24.6 Å². The second kappa shape index (κ2) is 9.83. The minimum absolute atomic E-state index is 0. The molecule has 1 saturated heterocycles. The molecule has 3 atom stereocenters. The van der Waals surface area contributed by atoms with E-state index in [2.05, 4.69) is 14.6 Å². The van der Waals surface area contributed by atoms with E-state index in [4.69, 9.17) is 9.72 Å². The third-order valence-electron chi connectivity index (χ3n) is 8.42. The SMILES string of the molecule is Cc1cccc(S(=O)(=O)NC(=O)c2ccc(-c3cc(F)cc(OCC(C)C)c3)nc2N2CC3CC[C@H]4CC34C2)n1.[HH].[HH]. The molecule has 6 rings (SSSR count). The molecule has 3 aromatic rings. The zero-order valence-corrected chi connectivity index (χ0v) is 23.7. The van der Waals surface area contributed by atoms with Gasteiger partial charge in [-0.25, -0.2) is 19.1 Å². The van der Waals surface area contributed by atoms with E-state index >= 15 is 0 Å². The van der Waals surface area contributed by atoms with Crippen molar-refractivity contribution in [3.63, 3.8) is 0 Å². The molecule has 0 bridgehead atoms. The lowest BCUT2D eigenvalue weighted by Gasteiger charge is -2.22. The lowest BCUT2D eigenvalue weighted by molar-refractivity contribution is 0.0981. The van der Waals surface area contributed by atoms with E-state index in [0.29, 0.717) is 47.0 Å². The van der Waals surface area contributed by atoms with Crippen molar-refractivity contribution in [1.82, 2.24) is 14.7 Å². The lowest BCUT2D eigenvalue weighted by Crippen LogP contribution is -2.33. The molecule has 2 unspecified atom stereocenters. The molecule has 214 valence electrons. The number of sulfonamides is 1. The number of nitrogens with one attached hydrogen (secondary N) is 1. The maximum Gasteiger partial charge on any atom is 0.281 e. The fourth-order valence-corrected chi connectivity index (χ4v) is 7.38. The van der Waals surface area contributed by atoms with Gasteiger partial charge in [-0.15, -0.1) is 0 Å². The molecular weight excluding hydrogens is 531 g/mol. The van der Waals surface area contributed by atoms with E-state index in [1.165, 1.54) is 31.0 Å². The smallest absolute Gasteiger partial charge is 0.281 e. The number of ether oxygens (including phenoxy) is 1. The summed E-state index contributed by atoms with van der Waals surface area (Å²) >= 11 is 0. The molecule has 1 amide bonds. The molecule has 1 N–H and O–H groups in total. The van der Waals surface area contributed by atoms with Gasteiger partial charge in [0.2, 0.25) is 0 Å². The molecule has 2 saturated carbocycles. The van der Waals surface area contributed by atoms with Crippen LogP contribution in [0.1, 0.15) is 52.0 Å². The largest absolute Gasteiger partial charge is 0.493 e. The van der Waals surface area contributed by atoms with Gasteiger partial charge in [-0.05, 0) is 85.8 Å². The molecule has 3 aliphatic rings. The highest BCUT2D eigenvalue weighted by Gasteiger charge is 2.66. The van der Waals surface area contributed by atoms with Gasteiger partial charge in [-0.1, -0.05) is 19.9 Å². The minimum Gasteiger partial charge on any atom is -0.493 e. The Bertz CT molecular complexity index is 1610. The first kappa shape index (κ1) is 26.7. The topological polar surface area (TPSA) is 101 Å². The van der Waals surface area contributed by atoms with Crippen molar-refractivity contribution < 1.29 is 25.2 Å². The Morgan fingerprint density at radius 1 is 1.18 bits per heavy atom. The van der Waals surface area contributed by atoms with Crippen LogP contribution in [0.25, 0.3) is 11.3 Å². The van der Waals surface area contributed by atoms with Crippen LogP contribution in [-0.4, -0.2) is 44.0 Å². The van der Waals surface area contributed by atoms with Gasteiger partial charge < -0.3 is 9.64 Å². The first-order chi connectivity index (χ1) is 19.0. The number of hydrogen-bond acceptors (Lipinski definition) is 7. The second-order valence-corrected chi connectivity index (χ2v) is 13.4. The zero-order valence-electron chi connectivity index (χ0n) is 22.9. The molecule has 40 heavy (non-hydrogen) atoms. The van der Waals surface area contributed by atoms with E-state index in [1.54, 1.807) is 37.3 Å². The number of amides is 1. The van der Waals surface area contributed by atoms with Crippen molar-refractivity contribution in [2.24, 2.45) is 23.2 Å². The highest BCUT2D eigenvalue weighted by Crippen LogP contribution is 2.69. The second-order valence-electron chi connectivity index (χ2n) is 11.8. The van der Waals surface area contributed by atoms with Crippen LogP contribution >= 0.6 is 0 Å². The van der Waals surface area contributed by atoms with Crippen LogP contribution in [0.15, 0.2) is 53.6 Å². The minimum atomic E-state index is -4.20. The van der Waals surface area contributed by atoms with Gasteiger partial charge in [-0.3, -0.25) is 4.79 Å². The third-order valence-corrected chi connectivity index (χ3v) is 9.65. The number of nitrogens with zero attached hydrogens (tertiary/aromatic N) is 3. The van der Waals surface area contributed by atoms with Crippen LogP contribution in [0.5, 0.6) is 5.75 Å². The predicted octanol–water partition coefficient (Wildman–Crippen LogP) is 5.47. The van der Waals surface area contributed by atoms with Gasteiger partial charge in [0.1, 0.15) is 17.4 Å². The molecule has 8 nitrogen and oxygen atoms in total. The van der Waals surface area contributed by atoms with Crippen LogP contribution in [0.4, 0.5) is 10.2 Å². The first-order valence-electron chi connectivity index (χ1n) is 13.7. The molecule has 1 spiro atoms. The van der Waals surface area contributed by atoms with Crippen LogP contribution in [0, 0.1) is 35.9 Å². The quantitative estimate of drug-likeness (QED) is 0.384. The predicted molar refractivity (Wildman–Crippen MR) is 153 cm³/mol. The number of rotatable bonds is 8. The molecular formula is C30H37FN4O4S. The van der Waals surface area contributed by atoms with Gasteiger partial charge in [0, 0.05) is 33.3 Å². The molecule has 2 aliphatic carbocycles. The molecule has 2 aromatic heterocycles. The molecule has 3 heterocycles. The van der Waals surface area contributed by atoms with Crippen LogP contribution in [0.2, 0.25) is 0 Å². The van der Waals surface area contributed by atoms with Gasteiger partial charge >= 0.3 is 0 Å². The highest BCUT2D eigenvalue weighted by molar-refractivity contribution is 7.90. The number of carbonyl (C=O) groups is 1. The summed E-state index contributed by atoms with van der Waals surface area (Å²) in [5.74, 6) is 1.10. The van der Waals surface area contributed by atoms with Crippen LogP contribution in [-0.2, 0) is 10.0 Å². The highest BCUT2D eigenvalue weighted by atomic mass is 32.2. The summed E-state index contributed by atoms with van der Waals surface area (Å²) < 4.78 is 48.5. The van der Waals surface area contributed by atoms with Crippen molar-refractivity contribution in [1.29, 1.82) is 0 Å². The van der Waals surface area contributed by atoms with Crippen molar-refractivity contribution in [3.05, 3.63) is 65.6 Å². The maximum absolute atomic E-state index is 14.6. The molecule has 1 aliphatic heterocycles. The van der Waals surface area contributed by atoms with Gasteiger partial charge in [0.05, 0.1) is 17.9 Å². The molecule has 0 radical (unpaired) electrons. The summed E-state index contributed by atoms with van der Waals surface area (Å²) in [5, 5.41) is -0.226. The Morgan fingerprint density at radius 2 is 1.98 bits per heavy atom. The van der Waals surface area contributed by atoms with Crippen LogP contribution in [0.3, 0.4) is 0 Å². The first-order valence-corrected chi connectivity index (χ1v) is 15.2. The summed E-state index contributed by atoms with van der Waals surface area (Å²) in [6.45, 7) is 7.69. The molecule has 10 heteroatoms. The molecule has 3 fully saturated rings. The summed E-state index contributed by atoms with van der Waals surface area (Å²) in [7, 11) is -4.20. The standard InChI is InChI=1S/C30H33FN4O4S.2H2/c1-18(2)16-39-24-12-20(11-23(31)13-24)26-10-9-25(29(36)34-40(37,38)27-6-4-5-19(3)32-27)28(33-26)35-15-22-8-7-21-14-30(21,22)17-35;;/h4-6,9-13,18,21-22H,7-8,14-17H2,1-3H3,(H,34,36);2*1H/t21-,22?,30?;;/m0../s1. The number of aryl methyl sites for hydroxylation is 1. The fraction of sp³-hybridized carbons (Fsp3) is 0.433. The Balaban J connectivity index is 0.00000202. The average Bonchev–Trinajstić information content (AvgIpc) is 3.29. The number of benzene rings is 1. The number of aromatic nitrogens is 2. The third kappa shape index (κ3) is 4.93. The van der Waals surface area contributed by atoms with Gasteiger partial charge in [0.25, 0.3) is 15.9 Å². The number of anilines is 1. The van der Waals surface area contributed by atoms with Crippen molar-refractivity contribution in [2.45, 2.75) is 45.1 Å². The van der Waals surface area contributed by atoms with Crippen molar-refractivity contribution in [3.8, 4) is 17.0 Å². The average molecular weight is 569 g/mol. The van der Waals surface area contributed by atoms with E-state index in [0.717, 1.165) is 19.5 Å². The van der Waals surface area contributed by atoms with Gasteiger partial charge in [-0.2, -0.15) is 8.42 Å². The van der Waals surface area contributed by atoms with E-state index < -0.39 is 21.7 Å². The van der Waals surface area contributed by atoms with Gasteiger partial charge in [0.15, 0.2) is 5.03 Å². The van der Waals surface area contributed by atoms with Crippen molar-refractivity contribution >= 4 is 21.7 Å². The Kier molecular flexibility index (Phi) is 6.56. The lowest BCUT2D eigenvalue weighted by atomic mass is 9.95. The van der Waals surface area contributed by atoms with E-state index in [1.807, 2.05) is 13.8 Å². The molecule has 1 aromatic carbocycles. The van der Waals surface area contributed by atoms with E-state index in [-0.39, 0.29) is 24.8 Å². The summed E-state index contributed by atoms with van der Waals surface area (Å²) in [4.78, 5) is 24.5. The normalized spacial score (nSPS) is 23.2. The zero-order chi connectivity index (χ0) is 28.2. The van der Waals surface area contributed by atoms with E-state index in [9.17, 15) is 17.6 Å². The Labute approximate surface area is 237 Å². The summed E-state index contributed by atoms with van der Waals surface area (Å²) in [6.07, 6.45) is 3.57. The number of halogens is 1. The summed E-state index contributed by atoms with van der Waals surface area (Å²) in [5.41, 5.74) is 1.94. The summed E-state index contributed by atoms with van der Waals surface area (Å²) in [6, 6.07) is 12.3. The number of pyridine rings is 2. The Hall–Kier alpha value is -3.53.